The van der Waals surface area contributed by atoms with Gasteiger partial charge in [-0.1, -0.05) is 12.1 Å². The van der Waals surface area contributed by atoms with Gasteiger partial charge in [-0.05, 0) is 50.2 Å². The minimum Gasteiger partial charge on any atom is -0.478 e. The van der Waals surface area contributed by atoms with Gasteiger partial charge in [-0.15, -0.1) is 0 Å². The third-order valence-electron chi connectivity index (χ3n) is 5.25. The van der Waals surface area contributed by atoms with E-state index >= 15 is 0 Å². The molecule has 0 bridgehead atoms. The van der Waals surface area contributed by atoms with E-state index in [1.165, 1.54) is 44.2 Å². The van der Waals surface area contributed by atoms with E-state index < -0.39 is 41.6 Å². The van der Waals surface area contributed by atoms with Crippen LogP contribution >= 0.6 is 0 Å². The van der Waals surface area contributed by atoms with Crippen LogP contribution in [0.15, 0.2) is 69.0 Å². The molecule has 2 unspecified atom stereocenters. The van der Waals surface area contributed by atoms with Gasteiger partial charge < -0.3 is 5.11 Å². The molecule has 2 aromatic rings. The van der Waals surface area contributed by atoms with E-state index in [-0.39, 0.29) is 28.4 Å². The Hall–Kier alpha value is -4.42. The molecule has 2 aliphatic heterocycles. The second-order valence-electron chi connectivity index (χ2n) is 7.72. The van der Waals surface area contributed by atoms with Gasteiger partial charge in [-0.2, -0.15) is 43.6 Å². The molecule has 2 aromatic carbocycles. The second kappa shape index (κ2) is 8.74. The van der Waals surface area contributed by atoms with E-state index in [2.05, 4.69) is 20.4 Å². The Labute approximate surface area is 196 Å². The maximum Gasteiger partial charge on any atom is 0.416 e. The van der Waals surface area contributed by atoms with E-state index in [0.717, 1.165) is 28.2 Å². The maximum atomic E-state index is 13.0. The molecule has 4 rings (SSSR count). The summed E-state index contributed by atoms with van der Waals surface area (Å²) in [4.78, 5) is 36.9. The largest absolute Gasteiger partial charge is 0.478 e. The van der Waals surface area contributed by atoms with Crippen LogP contribution in [0.5, 0.6) is 0 Å². The van der Waals surface area contributed by atoms with E-state index in [4.69, 9.17) is 5.11 Å². The number of alkyl halides is 3. The summed E-state index contributed by atoms with van der Waals surface area (Å²) < 4.78 is 39.1. The van der Waals surface area contributed by atoms with Gasteiger partial charge in [0.2, 0.25) is 0 Å². The van der Waals surface area contributed by atoms with Gasteiger partial charge in [0, 0.05) is 0 Å². The Morgan fingerprint density at radius 2 is 1.37 bits per heavy atom. The normalized spacial score (nSPS) is 20.6. The molecule has 180 valence electrons. The summed E-state index contributed by atoms with van der Waals surface area (Å²) in [6.07, 6.45) is -4.59. The molecular weight excluding hydrogens is 469 g/mol. The molecule has 0 spiro atoms. The fourth-order valence-electron chi connectivity index (χ4n) is 3.47. The third kappa shape index (κ3) is 4.52. The predicted octanol–water partition coefficient (Wildman–Crippen LogP) is 3.74. The van der Waals surface area contributed by atoms with Crippen LogP contribution < -0.4 is 10.0 Å². The minimum atomic E-state index is -4.59. The number of carboxylic acids is 1. The summed E-state index contributed by atoms with van der Waals surface area (Å²) in [5.41, 5.74) is -0.391. The van der Waals surface area contributed by atoms with Crippen molar-refractivity contribution in [1.82, 2.24) is 0 Å². The van der Waals surface area contributed by atoms with Crippen LogP contribution in [0.25, 0.3) is 0 Å². The first-order valence-corrected chi connectivity index (χ1v) is 10.2. The lowest BCUT2D eigenvalue weighted by Crippen LogP contribution is -2.32. The van der Waals surface area contributed by atoms with Gasteiger partial charge in [-0.3, -0.25) is 9.59 Å². The highest BCUT2D eigenvalue weighted by Gasteiger charge is 2.39. The van der Waals surface area contributed by atoms with Crippen LogP contribution in [0.1, 0.15) is 29.8 Å². The monoisotopic (exact) mass is 486 g/mol. The Kier molecular flexibility index (Phi) is 5.92. The van der Waals surface area contributed by atoms with E-state index in [9.17, 15) is 27.6 Å². The van der Waals surface area contributed by atoms with Crippen LogP contribution in [0.3, 0.4) is 0 Å². The summed E-state index contributed by atoms with van der Waals surface area (Å²) >= 11 is 0. The summed E-state index contributed by atoms with van der Waals surface area (Å²) in [6.45, 7) is 2.99. The van der Waals surface area contributed by atoms with E-state index in [0.29, 0.717) is 0 Å². The molecule has 2 aliphatic rings. The molecule has 35 heavy (non-hydrogen) atoms. The van der Waals surface area contributed by atoms with E-state index in [1.807, 2.05) is 0 Å². The van der Waals surface area contributed by atoms with Crippen molar-refractivity contribution >= 4 is 40.6 Å². The highest BCUT2D eigenvalue weighted by Crippen LogP contribution is 2.33. The van der Waals surface area contributed by atoms with Crippen LogP contribution in [0.4, 0.5) is 24.5 Å². The van der Waals surface area contributed by atoms with Crippen molar-refractivity contribution in [2.75, 3.05) is 10.0 Å². The molecule has 0 aliphatic carbocycles. The van der Waals surface area contributed by atoms with E-state index in [1.54, 1.807) is 0 Å². The Balaban J connectivity index is 1.53. The van der Waals surface area contributed by atoms with Crippen molar-refractivity contribution in [1.29, 1.82) is 0 Å². The van der Waals surface area contributed by atoms with Crippen molar-refractivity contribution in [3.63, 3.8) is 0 Å². The SMILES string of the molecule is CC1=NN(c2cccc(C(=O)O)c2)C(=O)C1/N=N/C1C(=O)N(c2cccc(C(F)(F)F)c2)N=C1C. The molecule has 0 saturated heterocycles. The molecule has 0 fully saturated rings. The highest BCUT2D eigenvalue weighted by atomic mass is 19.4. The number of hydrogen-bond acceptors (Lipinski definition) is 7. The third-order valence-corrected chi connectivity index (χ3v) is 5.25. The van der Waals surface area contributed by atoms with Crippen molar-refractivity contribution in [3.8, 4) is 0 Å². The van der Waals surface area contributed by atoms with Gasteiger partial charge in [0.1, 0.15) is 0 Å². The zero-order valence-electron chi connectivity index (χ0n) is 18.3. The average Bonchev–Trinajstić information content (AvgIpc) is 3.26. The number of aromatic carboxylic acids is 1. The van der Waals surface area contributed by atoms with Crippen molar-refractivity contribution < 1.29 is 32.7 Å². The number of carbonyl (C=O) groups excluding carboxylic acids is 2. The van der Waals surface area contributed by atoms with Gasteiger partial charge in [-0.25, -0.2) is 4.79 Å². The fraction of sp³-hybridized carbons (Fsp3) is 0.227. The second-order valence-corrected chi connectivity index (χ2v) is 7.72. The first-order valence-electron chi connectivity index (χ1n) is 10.2. The number of anilines is 2. The Bertz CT molecular complexity index is 1320. The number of hydrogen-bond donors (Lipinski definition) is 1. The molecule has 2 amide bonds. The number of nitrogens with zero attached hydrogens (tertiary/aromatic N) is 6. The molecule has 2 heterocycles. The number of azo groups is 1. The average molecular weight is 486 g/mol. The Morgan fingerprint density at radius 1 is 0.886 bits per heavy atom. The predicted molar refractivity (Wildman–Crippen MR) is 118 cm³/mol. The molecule has 10 nitrogen and oxygen atoms in total. The van der Waals surface area contributed by atoms with Crippen LogP contribution in [-0.4, -0.2) is 46.4 Å². The summed E-state index contributed by atoms with van der Waals surface area (Å²) in [7, 11) is 0. The molecule has 0 saturated carbocycles. The fourth-order valence-corrected chi connectivity index (χ4v) is 3.47. The van der Waals surface area contributed by atoms with Crippen LogP contribution in [-0.2, 0) is 15.8 Å². The van der Waals surface area contributed by atoms with Crippen LogP contribution in [0.2, 0.25) is 0 Å². The van der Waals surface area contributed by atoms with Gasteiger partial charge >= 0.3 is 12.1 Å². The standard InChI is InChI=1S/C22H17F3N6O4/c1-11-17(19(32)30(28-11)15-7-3-5-13(9-15)21(34)35)26-27-18-12(2)29-31(20(18)33)16-8-4-6-14(10-16)22(23,24)25/h3-10,17-18H,1-2H3,(H,34,35)/b27-26+. The molecule has 1 N–H and O–H groups in total. The summed E-state index contributed by atoms with van der Waals surface area (Å²) in [5.74, 6) is -2.50. The summed E-state index contributed by atoms with van der Waals surface area (Å²) in [6, 6.07) is 7.38. The zero-order chi connectivity index (χ0) is 25.5. The number of hydrazone groups is 2. The lowest BCUT2D eigenvalue weighted by molar-refractivity contribution is -0.137. The Morgan fingerprint density at radius 3 is 1.86 bits per heavy atom. The smallest absolute Gasteiger partial charge is 0.416 e. The number of carbonyl (C=O) groups is 3. The van der Waals surface area contributed by atoms with Crippen molar-refractivity contribution in [2.24, 2.45) is 20.4 Å². The number of rotatable bonds is 5. The topological polar surface area (TPSA) is 127 Å². The van der Waals surface area contributed by atoms with Crippen molar-refractivity contribution in [2.45, 2.75) is 32.1 Å². The number of benzene rings is 2. The van der Waals surface area contributed by atoms with Crippen LogP contribution in [0, 0.1) is 0 Å². The molecule has 2 atom stereocenters. The minimum absolute atomic E-state index is 0.0358. The van der Waals surface area contributed by atoms with Gasteiger partial charge in [0.05, 0.1) is 33.9 Å². The molecule has 13 heteroatoms. The molecular formula is C22H17F3N6O4. The molecule has 0 radical (unpaired) electrons. The first kappa shape index (κ1) is 23.7. The highest BCUT2D eigenvalue weighted by molar-refractivity contribution is 6.19. The number of carboxylic acid groups (broad SMARTS) is 1. The molecule has 0 aromatic heterocycles. The first-order chi connectivity index (χ1) is 16.5. The van der Waals surface area contributed by atoms with Gasteiger partial charge in [0.15, 0.2) is 12.1 Å². The zero-order valence-corrected chi connectivity index (χ0v) is 18.3. The number of halogens is 3. The van der Waals surface area contributed by atoms with Crippen molar-refractivity contribution in [3.05, 3.63) is 59.7 Å². The van der Waals surface area contributed by atoms with Gasteiger partial charge in [0.25, 0.3) is 11.8 Å². The summed E-state index contributed by atoms with van der Waals surface area (Å²) in [5, 5.41) is 27.0. The quantitative estimate of drug-likeness (QED) is 0.646. The maximum absolute atomic E-state index is 13.0. The lowest BCUT2D eigenvalue weighted by Gasteiger charge is -2.15. The number of amides is 2. The lowest BCUT2D eigenvalue weighted by atomic mass is 10.1.